The second kappa shape index (κ2) is 6.05. The number of sulfonamides is 1. The number of nitrogens with one attached hydrogen (secondary N) is 1. The molecule has 0 aliphatic heterocycles. The normalized spacial score (nSPS) is 11.1. The molecule has 0 aromatic heterocycles. The number of rotatable bonds is 5. The molecule has 21 heavy (non-hydrogen) atoms. The van der Waals surface area contributed by atoms with Crippen molar-refractivity contribution in [1.29, 1.82) is 0 Å². The first kappa shape index (κ1) is 15.2. The first-order valence-corrected chi connectivity index (χ1v) is 8.03. The van der Waals surface area contributed by atoms with Crippen molar-refractivity contribution in [3.05, 3.63) is 48.0 Å². The standard InChI is InChI=1S/C15H18N2O3S/c1-3-20-14-9-5-4-8-13(14)17-21(18,19)15-10-6-7-12(16)11(15)2/h4-10,17H,3,16H2,1-2H3. The Hall–Kier alpha value is -2.21. The predicted molar refractivity (Wildman–Crippen MR) is 84.0 cm³/mol. The molecule has 6 heteroatoms. The zero-order valence-corrected chi connectivity index (χ0v) is 12.8. The number of hydrogen-bond acceptors (Lipinski definition) is 4. The van der Waals surface area contributed by atoms with Gasteiger partial charge in [-0.15, -0.1) is 0 Å². The molecule has 5 nitrogen and oxygen atoms in total. The summed E-state index contributed by atoms with van der Waals surface area (Å²) >= 11 is 0. The third-order valence-electron chi connectivity index (χ3n) is 3.05. The second-order valence-electron chi connectivity index (χ2n) is 4.51. The molecular formula is C15H18N2O3S. The predicted octanol–water partition coefficient (Wildman–Crippen LogP) is 2.78. The van der Waals surface area contributed by atoms with Crippen molar-refractivity contribution in [2.24, 2.45) is 0 Å². The third-order valence-corrected chi connectivity index (χ3v) is 4.56. The van der Waals surface area contributed by atoms with Crippen LogP contribution < -0.4 is 15.2 Å². The lowest BCUT2D eigenvalue weighted by Gasteiger charge is -2.14. The van der Waals surface area contributed by atoms with Crippen LogP contribution in [0.3, 0.4) is 0 Å². The molecule has 0 fully saturated rings. The molecule has 2 rings (SSSR count). The zero-order valence-electron chi connectivity index (χ0n) is 12.0. The van der Waals surface area contributed by atoms with Crippen LogP contribution in [0.25, 0.3) is 0 Å². The molecule has 112 valence electrons. The van der Waals surface area contributed by atoms with E-state index in [2.05, 4.69) is 4.72 Å². The van der Waals surface area contributed by atoms with Crippen LogP contribution in [-0.2, 0) is 10.0 Å². The fraction of sp³-hybridized carbons (Fsp3) is 0.200. The topological polar surface area (TPSA) is 81.4 Å². The van der Waals surface area contributed by atoms with Gasteiger partial charge in [-0.3, -0.25) is 4.72 Å². The number of nitrogen functional groups attached to an aromatic ring is 1. The van der Waals surface area contributed by atoms with E-state index in [0.717, 1.165) is 0 Å². The van der Waals surface area contributed by atoms with Crippen molar-refractivity contribution in [2.45, 2.75) is 18.7 Å². The van der Waals surface area contributed by atoms with E-state index < -0.39 is 10.0 Å². The number of nitrogens with two attached hydrogens (primary N) is 1. The van der Waals surface area contributed by atoms with Crippen LogP contribution in [0, 0.1) is 6.92 Å². The molecule has 0 radical (unpaired) electrons. The summed E-state index contributed by atoms with van der Waals surface area (Å²) < 4.78 is 33.0. The summed E-state index contributed by atoms with van der Waals surface area (Å²) in [5.41, 5.74) is 7.14. The molecule has 0 saturated heterocycles. The average Bonchev–Trinajstić information content (AvgIpc) is 2.44. The SMILES string of the molecule is CCOc1ccccc1NS(=O)(=O)c1cccc(N)c1C. The van der Waals surface area contributed by atoms with Gasteiger partial charge in [0.05, 0.1) is 17.2 Å². The molecule has 0 amide bonds. The second-order valence-corrected chi connectivity index (χ2v) is 6.16. The minimum Gasteiger partial charge on any atom is -0.492 e. The van der Waals surface area contributed by atoms with E-state index >= 15 is 0 Å². The molecule has 3 N–H and O–H groups in total. The Labute approximate surface area is 124 Å². The maximum absolute atomic E-state index is 12.5. The van der Waals surface area contributed by atoms with E-state index in [4.69, 9.17) is 10.5 Å². The lowest BCUT2D eigenvalue weighted by atomic mass is 10.2. The fourth-order valence-corrected chi connectivity index (χ4v) is 3.30. The van der Waals surface area contributed by atoms with Gasteiger partial charge in [-0.1, -0.05) is 18.2 Å². The highest BCUT2D eigenvalue weighted by molar-refractivity contribution is 7.92. The lowest BCUT2D eigenvalue weighted by molar-refractivity contribution is 0.342. The lowest BCUT2D eigenvalue weighted by Crippen LogP contribution is -2.15. The highest BCUT2D eigenvalue weighted by Crippen LogP contribution is 2.28. The van der Waals surface area contributed by atoms with Gasteiger partial charge in [-0.25, -0.2) is 8.42 Å². The van der Waals surface area contributed by atoms with E-state index in [-0.39, 0.29) is 4.90 Å². The minimum absolute atomic E-state index is 0.161. The van der Waals surface area contributed by atoms with Crippen LogP contribution >= 0.6 is 0 Å². The average molecular weight is 306 g/mol. The number of hydrogen-bond donors (Lipinski definition) is 2. The van der Waals surface area contributed by atoms with Crippen LogP contribution in [0.15, 0.2) is 47.4 Å². The first-order chi connectivity index (χ1) is 9.95. The van der Waals surface area contributed by atoms with Crippen molar-refractivity contribution in [3.8, 4) is 5.75 Å². The van der Waals surface area contributed by atoms with Crippen LogP contribution in [0.4, 0.5) is 11.4 Å². The van der Waals surface area contributed by atoms with Crippen LogP contribution in [0.1, 0.15) is 12.5 Å². The molecule has 2 aromatic carbocycles. The Balaban J connectivity index is 2.40. The monoisotopic (exact) mass is 306 g/mol. The Morgan fingerprint density at radius 2 is 1.86 bits per heavy atom. The molecule has 0 heterocycles. The summed E-state index contributed by atoms with van der Waals surface area (Å²) in [5, 5.41) is 0. The molecule has 0 atom stereocenters. The Bertz CT molecular complexity index is 742. The largest absolute Gasteiger partial charge is 0.492 e. The van der Waals surface area contributed by atoms with Gasteiger partial charge in [0.2, 0.25) is 0 Å². The molecule has 0 aliphatic carbocycles. The molecule has 0 saturated carbocycles. The van der Waals surface area contributed by atoms with Crippen molar-refractivity contribution < 1.29 is 13.2 Å². The highest BCUT2D eigenvalue weighted by Gasteiger charge is 2.19. The summed E-state index contributed by atoms with van der Waals surface area (Å²) in [4.78, 5) is 0.161. The van der Waals surface area contributed by atoms with Crippen molar-refractivity contribution in [2.75, 3.05) is 17.1 Å². The van der Waals surface area contributed by atoms with Gasteiger partial charge >= 0.3 is 0 Å². The molecule has 0 bridgehead atoms. The van der Waals surface area contributed by atoms with Gasteiger partial charge in [-0.2, -0.15) is 0 Å². The quantitative estimate of drug-likeness (QED) is 0.832. The first-order valence-electron chi connectivity index (χ1n) is 6.55. The number of ether oxygens (including phenoxy) is 1. The molecule has 0 spiro atoms. The van der Waals surface area contributed by atoms with Crippen LogP contribution in [0.5, 0.6) is 5.75 Å². The van der Waals surface area contributed by atoms with Gasteiger partial charge in [0.1, 0.15) is 5.75 Å². The Morgan fingerprint density at radius 3 is 2.57 bits per heavy atom. The number of anilines is 2. The smallest absolute Gasteiger partial charge is 0.262 e. The number of benzene rings is 2. The highest BCUT2D eigenvalue weighted by atomic mass is 32.2. The van der Waals surface area contributed by atoms with Gasteiger partial charge in [0.25, 0.3) is 10.0 Å². The maximum Gasteiger partial charge on any atom is 0.262 e. The van der Waals surface area contributed by atoms with E-state index in [9.17, 15) is 8.42 Å². The third kappa shape index (κ3) is 3.28. The zero-order chi connectivity index (χ0) is 15.5. The molecule has 2 aromatic rings. The van der Waals surface area contributed by atoms with Gasteiger partial charge in [0, 0.05) is 5.69 Å². The summed E-state index contributed by atoms with van der Waals surface area (Å²) in [6.07, 6.45) is 0. The van der Waals surface area contributed by atoms with Gasteiger partial charge < -0.3 is 10.5 Å². The van der Waals surface area contributed by atoms with Gasteiger partial charge in [-0.05, 0) is 43.7 Å². The van der Waals surface area contributed by atoms with Gasteiger partial charge in [0.15, 0.2) is 0 Å². The van der Waals surface area contributed by atoms with Crippen LogP contribution in [0.2, 0.25) is 0 Å². The van der Waals surface area contributed by atoms with Crippen molar-refractivity contribution >= 4 is 21.4 Å². The Kier molecular flexibility index (Phi) is 4.37. The molecular weight excluding hydrogens is 288 g/mol. The van der Waals surface area contributed by atoms with E-state index in [1.165, 1.54) is 6.07 Å². The van der Waals surface area contributed by atoms with E-state index in [1.54, 1.807) is 43.3 Å². The Morgan fingerprint density at radius 1 is 1.14 bits per heavy atom. The molecule has 0 unspecified atom stereocenters. The van der Waals surface area contributed by atoms with E-state index in [1.807, 2.05) is 6.92 Å². The van der Waals surface area contributed by atoms with Crippen molar-refractivity contribution in [1.82, 2.24) is 0 Å². The maximum atomic E-state index is 12.5. The summed E-state index contributed by atoms with van der Waals surface area (Å²) in [6.45, 7) is 3.97. The number of para-hydroxylation sites is 2. The minimum atomic E-state index is -3.72. The molecule has 0 aliphatic rings. The summed E-state index contributed by atoms with van der Waals surface area (Å²) in [5.74, 6) is 0.491. The summed E-state index contributed by atoms with van der Waals surface area (Å²) in [7, 11) is -3.72. The fourth-order valence-electron chi connectivity index (χ4n) is 1.95. The van der Waals surface area contributed by atoms with Crippen LogP contribution in [-0.4, -0.2) is 15.0 Å². The van der Waals surface area contributed by atoms with E-state index in [0.29, 0.717) is 29.3 Å². The van der Waals surface area contributed by atoms with Crippen molar-refractivity contribution in [3.63, 3.8) is 0 Å². The summed E-state index contributed by atoms with van der Waals surface area (Å²) in [6, 6.07) is 11.7.